The van der Waals surface area contributed by atoms with Crippen LogP contribution in [0.5, 0.6) is 0 Å². The van der Waals surface area contributed by atoms with Gasteiger partial charge in [-0.15, -0.1) is 0 Å². The Morgan fingerprint density at radius 2 is 1.85 bits per heavy atom. The van der Waals surface area contributed by atoms with Gasteiger partial charge < -0.3 is 4.52 Å². The average Bonchev–Trinajstić information content (AvgIpc) is 3.42. The van der Waals surface area contributed by atoms with Crippen LogP contribution in [0.4, 0.5) is 8.78 Å². The molecule has 5 nitrogen and oxygen atoms in total. The van der Waals surface area contributed by atoms with Crippen molar-refractivity contribution in [3.8, 4) is 11.8 Å². The van der Waals surface area contributed by atoms with Crippen molar-refractivity contribution in [1.82, 2.24) is 19.8 Å². The summed E-state index contributed by atoms with van der Waals surface area (Å²) >= 11 is 0. The molecule has 170 valence electrons. The lowest BCUT2D eigenvalue weighted by Gasteiger charge is -2.12. The van der Waals surface area contributed by atoms with Crippen LogP contribution < -0.4 is 0 Å². The first-order chi connectivity index (χ1) is 16.2. The molecule has 5 rings (SSSR count). The van der Waals surface area contributed by atoms with Crippen molar-refractivity contribution in [1.29, 1.82) is 0 Å². The summed E-state index contributed by atoms with van der Waals surface area (Å²) in [6.45, 7) is 6.97. The summed E-state index contributed by atoms with van der Waals surface area (Å²) in [4.78, 5) is 4.33. The van der Waals surface area contributed by atoms with Crippen molar-refractivity contribution in [2.45, 2.75) is 40.0 Å². The van der Waals surface area contributed by atoms with E-state index < -0.39 is 5.92 Å². The number of hydrogen-bond acceptors (Lipinski definition) is 4. The predicted molar refractivity (Wildman–Crippen MR) is 126 cm³/mol. The van der Waals surface area contributed by atoms with Gasteiger partial charge in [0.25, 0.3) is 5.92 Å². The van der Waals surface area contributed by atoms with E-state index in [9.17, 15) is 8.78 Å². The lowest BCUT2D eigenvalue weighted by atomic mass is 9.92. The van der Waals surface area contributed by atoms with Crippen LogP contribution in [0.3, 0.4) is 0 Å². The van der Waals surface area contributed by atoms with E-state index in [-0.39, 0.29) is 5.56 Å². The van der Waals surface area contributed by atoms with Gasteiger partial charge in [0, 0.05) is 30.5 Å². The molecular formula is C27H22F2N4O. The van der Waals surface area contributed by atoms with Gasteiger partial charge in [-0.25, -0.2) is 18.3 Å². The molecule has 0 saturated heterocycles. The SMILES string of the molecule is Cc1c(C)c(C)c2c(Cc3cccc(C(C)(F)F)c3)noc2c1C#Cc1cnc2cccnn12. The normalized spacial score (nSPS) is 11.7. The molecule has 0 saturated carbocycles. The lowest BCUT2D eigenvalue weighted by molar-refractivity contribution is 0.0174. The maximum absolute atomic E-state index is 13.8. The molecule has 0 amide bonds. The van der Waals surface area contributed by atoms with Crippen LogP contribution in [0.25, 0.3) is 16.6 Å². The molecule has 0 unspecified atom stereocenters. The Hall–Kier alpha value is -4.05. The first kappa shape index (κ1) is 21.8. The van der Waals surface area contributed by atoms with Gasteiger partial charge in [0.05, 0.1) is 17.5 Å². The molecule has 0 aliphatic heterocycles. The third-order valence-corrected chi connectivity index (χ3v) is 6.26. The van der Waals surface area contributed by atoms with Gasteiger partial charge in [0.15, 0.2) is 11.2 Å². The molecule has 3 aromatic heterocycles. The van der Waals surface area contributed by atoms with Crippen molar-refractivity contribution < 1.29 is 13.3 Å². The van der Waals surface area contributed by atoms with Gasteiger partial charge >= 0.3 is 0 Å². The Balaban J connectivity index is 1.61. The fourth-order valence-corrected chi connectivity index (χ4v) is 4.17. The zero-order valence-corrected chi connectivity index (χ0v) is 19.3. The molecule has 0 spiro atoms. The molecule has 3 heterocycles. The Labute approximate surface area is 195 Å². The van der Waals surface area contributed by atoms with E-state index >= 15 is 0 Å². The summed E-state index contributed by atoms with van der Waals surface area (Å²) in [5, 5.41) is 9.50. The zero-order valence-electron chi connectivity index (χ0n) is 19.3. The van der Waals surface area contributed by atoms with Crippen molar-refractivity contribution in [3.63, 3.8) is 0 Å². The Morgan fingerprint density at radius 1 is 1.03 bits per heavy atom. The molecule has 0 aliphatic rings. The summed E-state index contributed by atoms with van der Waals surface area (Å²) in [6, 6.07) is 10.1. The summed E-state index contributed by atoms with van der Waals surface area (Å²) in [6.07, 6.45) is 3.75. The molecule has 0 radical (unpaired) electrons. The number of hydrogen-bond donors (Lipinski definition) is 0. The Morgan fingerprint density at radius 3 is 2.65 bits per heavy atom. The zero-order chi connectivity index (χ0) is 24.0. The van der Waals surface area contributed by atoms with Gasteiger partial charge in [-0.2, -0.15) is 5.10 Å². The molecule has 5 aromatic rings. The first-order valence-corrected chi connectivity index (χ1v) is 10.9. The minimum Gasteiger partial charge on any atom is -0.355 e. The first-order valence-electron chi connectivity index (χ1n) is 10.9. The monoisotopic (exact) mass is 456 g/mol. The Kier molecular flexibility index (Phi) is 5.17. The number of halogens is 2. The van der Waals surface area contributed by atoms with Crippen LogP contribution in [0, 0.1) is 32.6 Å². The van der Waals surface area contributed by atoms with Crippen molar-refractivity contribution in [2.24, 2.45) is 0 Å². The second kappa shape index (κ2) is 8.07. The van der Waals surface area contributed by atoms with E-state index in [4.69, 9.17) is 4.52 Å². The number of fused-ring (bicyclic) bond motifs is 2. The predicted octanol–water partition coefficient (Wildman–Crippen LogP) is 5.90. The summed E-state index contributed by atoms with van der Waals surface area (Å²) in [7, 11) is 0. The standard InChI is InChI=1S/C27H22F2N4O/c1-16-17(2)22(11-10-21-15-30-24-9-6-12-31-33(21)24)26-25(18(16)3)23(32-34-26)14-19-7-5-8-20(13-19)27(4,28)29/h5-9,12-13,15H,14H2,1-4H3. The fourth-order valence-electron chi connectivity index (χ4n) is 4.17. The van der Waals surface area contributed by atoms with E-state index in [0.717, 1.165) is 45.8 Å². The number of aromatic nitrogens is 4. The van der Waals surface area contributed by atoms with Crippen LogP contribution in [-0.4, -0.2) is 19.8 Å². The van der Waals surface area contributed by atoms with Crippen LogP contribution in [0.15, 0.2) is 53.3 Å². The Bertz CT molecular complexity index is 1610. The number of benzene rings is 2. The molecule has 0 N–H and O–H groups in total. The van der Waals surface area contributed by atoms with Gasteiger partial charge in [-0.05, 0) is 67.1 Å². The molecule has 0 atom stereocenters. The second-order valence-electron chi connectivity index (χ2n) is 8.54. The molecule has 0 aliphatic carbocycles. The highest BCUT2D eigenvalue weighted by molar-refractivity contribution is 5.91. The van der Waals surface area contributed by atoms with Crippen LogP contribution in [0.2, 0.25) is 0 Å². The van der Waals surface area contributed by atoms with E-state index in [1.54, 1.807) is 23.0 Å². The molecule has 7 heteroatoms. The third-order valence-electron chi connectivity index (χ3n) is 6.26. The molecule has 0 fully saturated rings. The van der Waals surface area contributed by atoms with Crippen LogP contribution >= 0.6 is 0 Å². The molecule has 0 bridgehead atoms. The largest absolute Gasteiger partial charge is 0.355 e. The lowest BCUT2D eigenvalue weighted by Crippen LogP contribution is -2.07. The quantitative estimate of drug-likeness (QED) is 0.317. The van der Waals surface area contributed by atoms with E-state index in [2.05, 4.69) is 27.1 Å². The smallest absolute Gasteiger partial charge is 0.270 e. The highest BCUT2D eigenvalue weighted by Gasteiger charge is 2.25. The van der Waals surface area contributed by atoms with E-state index in [0.29, 0.717) is 23.4 Å². The maximum Gasteiger partial charge on any atom is 0.270 e. The van der Waals surface area contributed by atoms with Crippen molar-refractivity contribution in [2.75, 3.05) is 0 Å². The van der Waals surface area contributed by atoms with Crippen molar-refractivity contribution >= 4 is 16.6 Å². The van der Waals surface area contributed by atoms with Crippen molar-refractivity contribution in [3.05, 3.63) is 93.6 Å². The van der Waals surface area contributed by atoms with Gasteiger partial charge in [0.2, 0.25) is 0 Å². The van der Waals surface area contributed by atoms with E-state index in [1.165, 1.54) is 12.1 Å². The highest BCUT2D eigenvalue weighted by Crippen LogP contribution is 2.33. The topological polar surface area (TPSA) is 56.2 Å². The van der Waals surface area contributed by atoms with Gasteiger partial charge in [0.1, 0.15) is 5.69 Å². The van der Waals surface area contributed by atoms with Gasteiger partial charge in [-0.3, -0.25) is 0 Å². The third kappa shape index (κ3) is 3.71. The number of rotatable bonds is 3. The fraction of sp³-hybridized carbons (Fsp3) is 0.222. The maximum atomic E-state index is 13.8. The van der Waals surface area contributed by atoms with Crippen LogP contribution in [-0.2, 0) is 12.3 Å². The molecular weight excluding hydrogens is 434 g/mol. The number of aryl methyl sites for hydroxylation is 1. The summed E-state index contributed by atoms with van der Waals surface area (Å²) in [5.74, 6) is 3.50. The molecule has 2 aromatic carbocycles. The summed E-state index contributed by atoms with van der Waals surface area (Å²) < 4.78 is 35.1. The second-order valence-corrected chi connectivity index (χ2v) is 8.54. The molecule has 34 heavy (non-hydrogen) atoms. The number of nitrogens with zero attached hydrogens (tertiary/aromatic N) is 4. The highest BCUT2D eigenvalue weighted by atomic mass is 19.3. The summed E-state index contributed by atoms with van der Waals surface area (Å²) in [5.41, 5.74) is 7.30. The average molecular weight is 456 g/mol. The minimum atomic E-state index is -2.90. The minimum absolute atomic E-state index is 0.0188. The van der Waals surface area contributed by atoms with Gasteiger partial charge in [-0.1, -0.05) is 29.3 Å². The van der Waals surface area contributed by atoms with E-state index in [1.807, 2.05) is 39.0 Å². The van der Waals surface area contributed by atoms with Crippen LogP contribution in [0.1, 0.15) is 51.7 Å². The number of imidazole rings is 1. The number of alkyl halides is 2.